The zero-order valence-corrected chi connectivity index (χ0v) is 18.4. The molecule has 2 saturated heterocycles. The van der Waals surface area contributed by atoms with E-state index in [0.29, 0.717) is 16.9 Å². The number of hydrogen-bond donors (Lipinski definition) is 0. The van der Waals surface area contributed by atoms with Crippen molar-refractivity contribution in [3.8, 4) is 0 Å². The predicted molar refractivity (Wildman–Crippen MR) is 126 cm³/mol. The summed E-state index contributed by atoms with van der Waals surface area (Å²) >= 11 is 6.64. The highest BCUT2D eigenvalue weighted by Crippen LogP contribution is 2.49. The van der Waals surface area contributed by atoms with Gasteiger partial charge in [-0.3, -0.25) is 14.4 Å². The van der Waals surface area contributed by atoms with Gasteiger partial charge in [0.15, 0.2) is 6.10 Å². The van der Waals surface area contributed by atoms with E-state index in [9.17, 15) is 14.0 Å². The zero-order chi connectivity index (χ0) is 23.4. The van der Waals surface area contributed by atoms with Crippen LogP contribution in [0, 0.1) is 11.7 Å². The van der Waals surface area contributed by atoms with E-state index < -0.39 is 35.7 Å². The fourth-order valence-corrected chi connectivity index (χ4v) is 4.95. The van der Waals surface area contributed by atoms with Crippen LogP contribution in [0.2, 0.25) is 5.15 Å². The normalized spacial score (nSPS) is 22.0. The minimum Gasteiger partial charge on any atom is -0.273 e. The third-order valence-electron chi connectivity index (χ3n) is 6.23. The molecule has 34 heavy (non-hydrogen) atoms. The standard InChI is InChI=1S/C26H17ClFN3O3/c27-24-19(14-15-6-4-5-9-20(15)29-24)22-21-23(34-31(22)18-7-2-1-3-8-18)26(33)30(25(21)32)17-12-10-16(28)11-13-17/h1-14,21-23H. The molecule has 0 N–H and O–H groups in total. The minimum absolute atomic E-state index is 0.231. The summed E-state index contributed by atoms with van der Waals surface area (Å²) in [6.07, 6.45) is -1.05. The first kappa shape index (κ1) is 20.8. The number of amides is 2. The van der Waals surface area contributed by atoms with Crippen molar-refractivity contribution < 1.29 is 18.8 Å². The van der Waals surface area contributed by atoms with E-state index in [1.807, 2.05) is 60.7 Å². The van der Waals surface area contributed by atoms with Crippen molar-refractivity contribution in [2.45, 2.75) is 12.1 Å². The Labute approximate surface area is 199 Å². The van der Waals surface area contributed by atoms with E-state index in [2.05, 4.69) is 4.98 Å². The van der Waals surface area contributed by atoms with Gasteiger partial charge in [-0.15, -0.1) is 0 Å². The highest BCUT2D eigenvalue weighted by Gasteiger charge is 2.60. The second-order valence-corrected chi connectivity index (χ2v) is 8.57. The molecule has 168 valence electrons. The summed E-state index contributed by atoms with van der Waals surface area (Å²) in [4.78, 5) is 38.7. The second kappa shape index (κ2) is 7.90. The van der Waals surface area contributed by atoms with E-state index in [1.165, 1.54) is 24.3 Å². The molecule has 8 heteroatoms. The number of fused-ring (bicyclic) bond motifs is 2. The zero-order valence-electron chi connectivity index (χ0n) is 17.6. The number of carbonyl (C=O) groups excluding carboxylic acids is 2. The van der Waals surface area contributed by atoms with Crippen molar-refractivity contribution >= 4 is 45.7 Å². The maximum Gasteiger partial charge on any atom is 0.266 e. The molecule has 2 fully saturated rings. The van der Waals surface area contributed by atoms with Gasteiger partial charge in [-0.2, -0.15) is 0 Å². The Morgan fingerprint density at radius 2 is 1.56 bits per heavy atom. The maximum absolute atomic E-state index is 13.7. The lowest BCUT2D eigenvalue weighted by molar-refractivity contribution is -0.126. The summed E-state index contributed by atoms with van der Waals surface area (Å²) in [5.41, 5.74) is 2.28. The number of nitrogens with zero attached hydrogens (tertiary/aromatic N) is 3. The van der Waals surface area contributed by atoms with Gasteiger partial charge in [0, 0.05) is 10.9 Å². The lowest BCUT2D eigenvalue weighted by Gasteiger charge is -2.29. The predicted octanol–water partition coefficient (Wildman–Crippen LogP) is 5.08. The molecule has 0 radical (unpaired) electrons. The van der Waals surface area contributed by atoms with Gasteiger partial charge in [0.1, 0.15) is 16.9 Å². The average Bonchev–Trinajstić information content (AvgIpc) is 3.36. The van der Waals surface area contributed by atoms with Gasteiger partial charge in [-0.25, -0.2) is 19.3 Å². The molecular formula is C26H17ClFN3O3. The van der Waals surface area contributed by atoms with Crippen molar-refractivity contribution in [2.75, 3.05) is 9.96 Å². The van der Waals surface area contributed by atoms with Crippen LogP contribution in [0.15, 0.2) is 84.9 Å². The quantitative estimate of drug-likeness (QED) is 0.307. The van der Waals surface area contributed by atoms with Crippen molar-refractivity contribution in [3.05, 3.63) is 101 Å². The van der Waals surface area contributed by atoms with Gasteiger partial charge in [-0.05, 0) is 48.5 Å². The van der Waals surface area contributed by atoms with E-state index in [1.54, 1.807) is 5.06 Å². The first-order chi connectivity index (χ1) is 16.5. The number of benzene rings is 3. The molecule has 0 saturated carbocycles. The summed E-state index contributed by atoms with van der Waals surface area (Å²) in [5, 5.41) is 2.66. The molecule has 2 aliphatic heterocycles. The summed E-state index contributed by atoms with van der Waals surface area (Å²) in [7, 11) is 0. The van der Waals surface area contributed by atoms with E-state index in [-0.39, 0.29) is 5.15 Å². The third kappa shape index (κ3) is 3.16. The highest BCUT2D eigenvalue weighted by molar-refractivity contribution is 6.31. The number of hydrogen-bond acceptors (Lipinski definition) is 5. The molecule has 0 aliphatic carbocycles. The van der Waals surface area contributed by atoms with Gasteiger partial charge < -0.3 is 0 Å². The van der Waals surface area contributed by atoms with Crippen LogP contribution in [0.3, 0.4) is 0 Å². The first-order valence-electron chi connectivity index (χ1n) is 10.7. The van der Waals surface area contributed by atoms with E-state index in [0.717, 1.165) is 15.8 Å². The molecule has 6 nitrogen and oxygen atoms in total. The Kier molecular flexibility index (Phi) is 4.83. The Bertz CT molecular complexity index is 1430. The smallest absolute Gasteiger partial charge is 0.266 e. The molecule has 3 unspecified atom stereocenters. The second-order valence-electron chi connectivity index (χ2n) is 8.21. The number of imide groups is 1. The summed E-state index contributed by atoms with van der Waals surface area (Å²) in [6, 6.07) is 23.2. The Balaban J connectivity index is 1.49. The number of aromatic nitrogens is 1. The number of carbonyl (C=O) groups is 2. The van der Waals surface area contributed by atoms with Gasteiger partial charge in [0.05, 0.1) is 22.9 Å². The van der Waals surface area contributed by atoms with Crippen LogP contribution >= 0.6 is 11.6 Å². The Morgan fingerprint density at radius 3 is 2.32 bits per heavy atom. The molecule has 6 rings (SSSR count). The van der Waals surface area contributed by atoms with Gasteiger partial charge in [-0.1, -0.05) is 48.0 Å². The minimum atomic E-state index is -1.05. The summed E-state index contributed by atoms with van der Waals surface area (Å²) in [6.45, 7) is 0. The number of rotatable bonds is 3. The molecular weight excluding hydrogens is 457 g/mol. The fraction of sp³-hybridized carbons (Fsp3) is 0.115. The first-order valence-corrected chi connectivity index (χ1v) is 11.1. The molecule has 4 aromatic rings. The summed E-state index contributed by atoms with van der Waals surface area (Å²) < 4.78 is 13.5. The third-order valence-corrected chi connectivity index (χ3v) is 6.54. The molecule has 2 amide bonds. The number of pyridine rings is 1. The monoisotopic (exact) mass is 473 g/mol. The maximum atomic E-state index is 13.7. The van der Waals surface area contributed by atoms with Crippen molar-refractivity contribution in [3.63, 3.8) is 0 Å². The average molecular weight is 474 g/mol. The molecule has 0 bridgehead atoms. The van der Waals surface area contributed by atoms with Crippen LogP contribution in [0.4, 0.5) is 15.8 Å². The number of para-hydroxylation sites is 2. The molecule has 3 atom stereocenters. The van der Waals surface area contributed by atoms with Crippen molar-refractivity contribution in [1.82, 2.24) is 4.98 Å². The Morgan fingerprint density at radius 1 is 0.853 bits per heavy atom. The van der Waals surface area contributed by atoms with Crippen LogP contribution < -0.4 is 9.96 Å². The largest absolute Gasteiger partial charge is 0.273 e. The number of halogens is 2. The lowest BCUT2D eigenvalue weighted by Crippen LogP contribution is -2.37. The number of hydroxylamine groups is 1. The van der Waals surface area contributed by atoms with Crippen molar-refractivity contribution in [1.29, 1.82) is 0 Å². The topological polar surface area (TPSA) is 62.7 Å². The lowest BCUT2D eigenvalue weighted by atomic mass is 9.90. The van der Waals surface area contributed by atoms with Crippen LogP contribution in [-0.4, -0.2) is 22.9 Å². The van der Waals surface area contributed by atoms with Crippen LogP contribution in [-0.2, 0) is 14.4 Å². The fourth-order valence-electron chi connectivity index (χ4n) is 4.69. The molecule has 0 spiro atoms. The van der Waals surface area contributed by atoms with Crippen LogP contribution in [0.5, 0.6) is 0 Å². The molecule has 2 aliphatic rings. The van der Waals surface area contributed by atoms with Crippen molar-refractivity contribution in [2.24, 2.45) is 5.92 Å². The van der Waals surface area contributed by atoms with Gasteiger partial charge >= 0.3 is 0 Å². The van der Waals surface area contributed by atoms with Gasteiger partial charge in [0.25, 0.3) is 5.91 Å². The SMILES string of the molecule is O=C1C2ON(c3ccccc3)C(c3cc4ccccc4nc3Cl)C2C(=O)N1c1ccc(F)cc1. The number of anilines is 2. The molecule has 3 heterocycles. The summed E-state index contributed by atoms with van der Waals surface area (Å²) in [5.74, 6) is -2.26. The Hall–Kier alpha value is -3.81. The van der Waals surface area contributed by atoms with Gasteiger partial charge in [0.2, 0.25) is 5.91 Å². The van der Waals surface area contributed by atoms with E-state index >= 15 is 0 Å². The molecule has 1 aromatic heterocycles. The molecule has 3 aromatic carbocycles. The van der Waals surface area contributed by atoms with E-state index in [4.69, 9.17) is 16.4 Å². The van der Waals surface area contributed by atoms with Crippen LogP contribution in [0.1, 0.15) is 11.6 Å². The highest BCUT2D eigenvalue weighted by atomic mass is 35.5. The van der Waals surface area contributed by atoms with Crippen LogP contribution in [0.25, 0.3) is 10.9 Å².